The van der Waals surface area contributed by atoms with Crippen LogP contribution >= 0.6 is 31.9 Å². The predicted molar refractivity (Wildman–Crippen MR) is 154 cm³/mol. The van der Waals surface area contributed by atoms with Crippen LogP contribution in [0.4, 0.5) is 0 Å². The number of methoxy groups -OCH3 is 1. The minimum Gasteiger partial charge on any atom is -0.469 e. The van der Waals surface area contributed by atoms with Crippen LogP contribution in [0.15, 0.2) is 45.3 Å². The number of amides is 1. The largest absolute Gasteiger partial charge is 0.469 e. The molecule has 1 aromatic heterocycles. The van der Waals surface area contributed by atoms with E-state index in [1.165, 1.54) is 7.11 Å². The molecule has 0 spiro atoms. The molecular weight excluding hydrogens is 602 g/mol. The molecular formula is C28H35Br2N3O4. The number of ether oxygens (including phenoxy) is 1. The van der Waals surface area contributed by atoms with Crippen molar-refractivity contribution in [1.29, 1.82) is 0 Å². The van der Waals surface area contributed by atoms with Crippen LogP contribution in [0.3, 0.4) is 0 Å². The predicted octanol–water partition coefficient (Wildman–Crippen LogP) is 5.34. The molecule has 1 amide bonds. The van der Waals surface area contributed by atoms with Gasteiger partial charge in [0.15, 0.2) is 0 Å². The first-order chi connectivity index (χ1) is 17.9. The van der Waals surface area contributed by atoms with E-state index in [4.69, 9.17) is 0 Å². The van der Waals surface area contributed by atoms with Crippen LogP contribution in [-0.2, 0) is 20.9 Å². The Kier molecular flexibility index (Phi) is 10.0. The van der Waals surface area contributed by atoms with Crippen LogP contribution in [0, 0.1) is 0 Å². The summed E-state index contributed by atoms with van der Waals surface area (Å²) in [6, 6.07) is 12.5. The van der Waals surface area contributed by atoms with Gasteiger partial charge in [0.25, 0.3) is 0 Å². The second-order valence-electron chi connectivity index (χ2n) is 9.76. The molecule has 9 heteroatoms. The number of hydrogen-bond donors (Lipinski definition) is 1. The molecule has 0 aliphatic carbocycles. The summed E-state index contributed by atoms with van der Waals surface area (Å²) in [6.07, 6.45) is 4.04. The molecule has 1 N–H and O–H groups in total. The van der Waals surface area contributed by atoms with Crippen molar-refractivity contribution in [2.45, 2.75) is 51.2 Å². The van der Waals surface area contributed by atoms with E-state index in [9.17, 15) is 14.7 Å². The third-order valence-electron chi connectivity index (χ3n) is 7.13. The Labute approximate surface area is 235 Å². The van der Waals surface area contributed by atoms with Crippen molar-refractivity contribution in [1.82, 2.24) is 14.4 Å². The van der Waals surface area contributed by atoms with Crippen LogP contribution < -0.4 is 0 Å². The zero-order valence-corrected chi connectivity index (χ0v) is 24.5. The summed E-state index contributed by atoms with van der Waals surface area (Å²) in [4.78, 5) is 27.9. The Bertz CT molecular complexity index is 1180. The number of aliphatic hydroxyl groups is 1. The van der Waals surface area contributed by atoms with Crippen LogP contribution in [-0.4, -0.2) is 77.3 Å². The zero-order valence-electron chi connectivity index (χ0n) is 21.3. The van der Waals surface area contributed by atoms with Gasteiger partial charge in [-0.05, 0) is 49.2 Å². The summed E-state index contributed by atoms with van der Waals surface area (Å²) in [5.74, 6) is 0.0337. The number of β-amino-alcohol motifs (C(OH)–C–C–N with tert-alkyl or cyclic N) is 1. The van der Waals surface area contributed by atoms with Crippen molar-refractivity contribution in [2.75, 3.05) is 39.8 Å². The van der Waals surface area contributed by atoms with Crippen molar-refractivity contribution in [3.63, 3.8) is 0 Å². The highest BCUT2D eigenvalue weighted by atomic mass is 79.9. The highest BCUT2D eigenvalue weighted by Crippen LogP contribution is 2.33. The lowest BCUT2D eigenvalue weighted by Gasteiger charge is -2.35. The number of rotatable bonds is 11. The highest BCUT2D eigenvalue weighted by Gasteiger charge is 2.23. The first-order valence-corrected chi connectivity index (χ1v) is 14.6. The lowest BCUT2D eigenvalue weighted by molar-refractivity contribution is -0.140. The van der Waals surface area contributed by atoms with Gasteiger partial charge < -0.3 is 19.3 Å². The molecule has 1 saturated heterocycles. The quantitative estimate of drug-likeness (QED) is 0.227. The van der Waals surface area contributed by atoms with Gasteiger partial charge in [-0.1, -0.05) is 44.7 Å². The normalized spacial score (nSPS) is 15.4. The third kappa shape index (κ3) is 7.34. The first-order valence-electron chi connectivity index (χ1n) is 13.0. The molecule has 2 heterocycles. The fraction of sp³-hybridized carbons (Fsp3) is 0.500. The molecule has 3 aromatic rings. The van der Waals surface area contributed by atoms with E-state index in [2.05, 4.69) is 70.3 Å². The lowest BCUT2D eigenvalue weighted by Crippen LogP contribution is -2.50. The Morgan fingerprint density at radius 2 is 1.43 bits per heavy atom. The molecule has 0 radical (unpaired) electrons. The molecule has 4 rings (SSSR count). The third-order valence-corrected chi connectivity index (χ3v) is 8.11. The van der Waals surface area contributed by atoms with Gasteiger partial charge in [-0.25, -0.2) is 0 Å². The number of aromatic nitrogens is 1. The Hall–Kier alpha value is -1.94. The molecule has 0 bridgehead atoms. The van der Waals surface area contributed by atoms with Crippen molar-refractivity contribution in [2.24, 2.45) is 0 Å². The number of piperazine rings is 1. The maximum atomic E-state index is 12.6. The highest BCUT2D eigenvalue weighted by molar-refractivity contribution is 9.10. The number of halogens is 2. The first kappa shape index (κ1) is 28.1. The van der Waals surface area contributed by atoms with Crippen molar-refractivity contribution in [3.05, 3.63) is 45.3 Å². The average molecular weight is 637 g/mol. The molecule has 1 atom stereocenters. The van der Waals surface area contributed by atoms with E-state index < -0.39 is 6.10 Å². The van der Waals surface area contributed by atoms with Gasteiger partial charge in [0.05, 0.1) is 19.8 Å². The summed E-state index contributed by atoms with van der Waals surface area (Å²) >= 11 is 7.18. The Morgan fingerprint density at radius 3 is 2.00 bits per heavy atom. The Morgan fingerprint density at radius 1 is 0.865 bits per heavy atom. The number of benzene rings is 2. The van der Waals surface area contributed by atoms with Crippen molar-refractivity contribution in [3.8, 4) is 0 Å². The maximum absolute atomic E-state index is 12.6. The van der Waals surface area contributed by atoms with E-state index in [0.29, 0.717) is 39.0 Å². The van der Waals surface area contributed by atoms with Gasteiger partial charge in [-0.15, -0.1) is 0 Å². The molecule has 37 heavy (non-hydrogen) atoms. The van der Waals surface area contributed by atoms with E-state index >= 15 is 0 Å². The fourth-order valence-corrected chi connectivity index (χ4v) is 5.87. The van der Waals surface area contributed by atoms with Gasteiger partial charge in [-0.2, -0.15) is 0 Å². The van der Waals surface area contributed by atoms with Crippen molar-refractivity contribution >= 4 is 65.5 Å². The average Bonchev–Trinajstić information content (AvgIpc) is 3.17. The van der Waals surface area contributed by atoms with Gasteiger partial charge in [0, 0.05) is 76.3 Å². The number of hydrogen-bond acceptors (Lipinski definition) is 5. The number of esters is 1. The summed E-state index contributed by atoms with van der Waals surface area (Å²) in [7, 11) is 1.41. The van der Waals surface area contributed by atoms with Gasteiger partial charge >= 0.3 is 5.97 Å². The summed E-state index contributed by atoms with van der Waals surface area (Å²) in [5.41, 5.74) is 2.21. The number of fused-ring (bicyclic) bond motifs is 3. The lowest BCUT2D eigenvalue weighted by atomic mass is 10.1. The Balaban J connectivity index is 1.25. The van der Waals surface area contributed by atoms with E-state index in [0.717, 1.165) is 69.5 Å². The maximum Gasteiger partial charge on any atom is 0.305 e. The summed E-state index contributed by atoms with van der Waals surface area (Å²) in [6.45, 7) is 4.04. The minimum atomic E-state index is -0.515. The van der Waals surface area contributed by atoms with Crippen LogP contribution in [0.1, 0.15) is 38.5 Å². The number of unbranched alkanes of at least 4 members (excludes halogenated alkanes) is 3. The number of carbonyl (C=O) groups is 2. The molecule has 1 aliphatic heterocycles. The van der Waals surface area contributed by atoms with Crippen LogP contribution in [0.25, 0.3) is 21.8 Å². The molecule has 200 valence electrons. The summed E-state index contributed by atoms with van der Waals surface area (Å²) < 4.78 is 8.92. The molecule has 7 nitrogen and oxygen atoms in total. The molecule has 1 aliphatic rings. The molecule has 0 saturated carbocycles. The van der Waals surface area contributed by atoms with E-state index in [-0.39, 0.29) is 11.9 Å². The SMILES string of the molecule is COC(=O)CCCCCCC(=O)N1CCN(C[C@@H](O)Cn2c3ccc(Br)cc3c3cc(Br)ccc32)CC1. The summed E-state index contributed by atoms with van der Waals surface area (Å²) in [5, 5.41) is 13.3. The number of carbonyl (C=O) groups excluding carboxylic acids is 2. The molecule has 1 fully saturated rings. The molecule has 0 unspecified atom stereocenters. The fourth-order valence-electron chi connectivity index (χ4n) is 5.15. The second-order valence-corrected chi connectivity index (χ2v) is 11.6. The van der Waals surface area contributed by atoms with E-state index in [1.807, 2.05) is 17.0 Å². The standard InChI is InChI=1S/C28H35Br2N3O4/c1-37-28(36)7-5-3-2-4-6-27(35)32-14-12-31(13-15-32)18-22(34)19-33-25-10-8-20(29)16-23(25)24-17-21(30)9-11-26(24)33/h8-11,16-17,22,34H,2-7,12-15,18-19H2,1H3/t22-/m1/s1. The van der Waals surface area contributed by atoms with E-state index in [1.54, 1.807) is 0 Å². The minimum absolute atomic E-state index is 0.171. The number of nitrogens with zero attached hydrogens (tertiary/aromatic N) is 3. The number of aliphatic hydroxyl groups excluding tert-OH is 1. The molecule has 2 aromatic carbocycles. The smallest absolute Gasteiger partial charge is 0.305 e. The van der Waals surface area contributed by atoms with Crippen LogP contribution in [0.5, 0.6) is 0 Å². The van der Waals surface area contributed by atoms with Gasteiger partial charge in [0.1, 0.15) is 0 Å². The second kappa shape index (κ2) is 13.2. The monoisotopic (exact) mass is 635 g/mol. The van der Waals surface area contributed by atoms with Gasteiger partial charge in [-0.3, -0.25) is 14.5 Å². The van der Waals surface area contributed by atoms with Crippen LogP contribution in [0.2, 0.25) is 0 Å². The van der Waals surface area contributed by atoms with Gasteiger partial charge in [0.2, 0.25) is 5.91 Å². The zero-order chi connectivity index (χ0) is 26.4. The topological polar surface area (TPSA) is 75.0 Å². The van der Waals surface area contributed by atoms with Crippen molar-refractivity contribution < 1.29 is 19.4 Å².